The summed E-state index contributed by atoms with van der Waals surface area (Å²) < 4.78 is 0. The first-order valence-corrected chi connectivity index (χ1v) is 9.33. The Kier molecular flexibility index (Phi) is 6.01. The van der Waals surface area contributed by atoms with E-state index in [0.29, 0.717) is 13.1 Å². The van der Waals surface area contributed by atoms with Crippen LogP contribution < -0.4 is 0 Å². The highest BCUT2D eigenvalue weighted by atomic mass is 32.1. The Bertz CT molecular complexity index is 621. The lowest BCUT2D eigenvalue weighted by molar-refractivity contribution is -0.132. The quantitative estimate of drug-likeness (QED) is 0.806. The SMILES string of the molecule is CN(Cc1cccs1)C(=O)CN1CCN(Cc2ccccc2)CC1. The van der Waals surface area contributed by atoms with Gasteiger partial charge in [0.2, 0.25) is 5.91 Å². The molecule has 1 saturated heterocycles. The van der Waals surface area contributed by atoms with Gasteiger partial charge < -0.3 is 4.90 Å². The van der Waals surface area contributed by atoms with E-state index in [9.17, 15) is 4.79 Å². The van der Waals surface area contributed by atoms with Gasteiger partial charge in [0.25, 0.3) is 0 Å². The number of benzene rings is 1. The molecule has 5 heteroatoms. The number of likely N-dealkylation sites (N-methyl/N-ethyl adjacent to an activating group) is 1. The van der Waals surface area contributed by atoms with Crippen molar-refractivity contribution in [3.63, 3.8) is 0 Å². The van der Waals surface area contributed by atoms with Crippen LogP contribution in [0.15, 0.2) is 47.8 Å². The zero-order chi connectivity index (χ0) is 16.8. The van der Waals surface area contributed by atoms with Gasteiger partial charge in [0, 0.05) is 44.6 Å². The third-order valence-corrected chi connectivity index (χ3v) is 5.33. The van der Waals surface area contributed by atoms with E-state index in [0.717, 1.165) is 32.7 Å². The van der Waals surface area contributed by atoms with Gasteiger partial charge in [-0.2, -0.15) is 0 Å². The van der Waals surface area contributed by atoms with Crippen molar-refractivity contribution in [2.45, 2.75) is 13.1 Å². The first-order chi connectivity index (χ1) is 11.7. The van der Waals surface area contributed by atoms with Crippen LogP contribution in [0.1, 0.15) is 10.4 Å². The average Bonchev–Trinajstić information content (AvgIpc) is 3.10. The molecule has 1 amide bonds. The fraction of sp³-hybridized carbons (Fsp3) is 0.421. The highest BCUT2D eigenvalue weighted by Crippen LogP contribution is 2.12. The van der Waals surface area contributed by atoms with Gasteiger partial charge >= 0.3 is 0 Å². The molecule has 3 rings (SSSR count). The van der Waals surface area contributed by atoms with Crippen LogP contribution in [-0.2, 0) is 17.9 Å². The van der Waals surface area contributed by atoms with E-state index in [1.54, 1.807) is 11.3 Å². The molecule has 1 aromatic carbocycles. The Hall–Kier alpha value is -1.69. The summed E-state index contributed by atoms with van der Waals surface area (Å²) in [5.41, 5.74) is 1.36. The van der Waals surface area contributed by atoms with Gasteiger partial charge in [-0.15, -0.1) is 11.3 Å². The summed E-state index contributed by atoms with van der Waals surface area (Å²) in [6.07, 6.45) is 0. The number of amides is 1. The van der Waals surface area contributed by atoms with Crippen molar-refractivity contribution in [1.82, 2.24) is 14.7 Å². The molecule has 24 heavy (non-hydrogen) atoms. The molecule has 1 fully saturated rings. The lowest BCUT2D eigenvalue weighted by Gasteiger charge is -2.35. The largest absolute Gasteiger partial charge is 0.340 e. The minimum absolute atomic E-state index is 0.208. The van der Waals surface area contributed by atoms with Gasteiger partial charge in [0.1, 0.15) is 0 Å². The molecule has 1 aliphatic rings. The Labute approximate surface area is 148 Å². The standard InChI is InChI=1S/C19H25N3OS/c1-20(15-18-8-5-13-24-18)19(23)16-22-11-9-21(10-12-22)14-17-6-3-2-4-7-17/h2-8,13H,9-12,14-16H2,1H3. The summed E-state index contributed by atoms with van der Waals surface area (Å²) in [5.74, 6) is 0.208. The molecule has 128 valence electrons. The van der Waals surface area contributed by atoms with E-state index in [1.807, 2.05) is 18.0 Å². The van der Waals surface area contributed by atoms with Gasteiger partial charge in [-0.3, -0.25) is 14.6 Å². The van der Waals surface area contributed by atoms with Gasteiger partial charge in [-0.25, -0.2) is 0 Å². The van der Waals surface area contributed by atoms with Crippen molar-refractivity contribution in [1.29, 1.82) is 0 Å². The van der Waals surface area contributed by atoms with Crippen molar-refractivity contribution in [3.05, 3.63) is 58.3 Å². The fourth-order valence-corrected chi connectivity index (χ4v) is 3.74. The van der Waals surface area contributed by atoms with Gasteiger partial charge in [-0.1, -0.05) is 36.4 Å². The first-order valence-electron chi connectivity index (χ1n) is 8.46. The first kappa shape index (κ1) is 17.1. The Morgan fingerprint density at radius 1 is 1.04 bits per heavy atom. The summed E-state index contributed by atoms with van der Waals surface area (Å²) in [7, 11) is 1.90. The number of rotatable bonds is 6. The zero-order valence-corrected chi connectivity index (χ0v) is 15.0. The van der Waals surface area contributed by atoms with E-state index in [-0.39, 0.29) is 5.91 Å². The topological polar surface area (TPSA) is 26.8 Å². The molecular formula is C19H25N3OS. The van der Waals surface area contributed by atoms with Gasteiger partial charge in [-0.05, 0) is 17.0 Å². The van der Waals surface area contributed by atoms with E-state index in [4.69, 9.17) is 0 Å². The number of thiophene rings is 1. The lowest BCUT2D eigenvalue weighted by atomic mass is 10.2. The normalized spacial score (nSPS) is 16.2. The van der Waals surface area contributed by atoms with Crippen molar-refractivity contribution >= 4 is 17.2 Å². The molecule has 1 aromatic heterocycles. The second kappa shape index (κ2) is 8.42. The highest BCUT2D eigenvalue weighted by Gasteiger charge is 2.20. The Balaban J connectivity index is 1.41. The number of piperazine rings is 1. The predicted molar refractivity (Wildman–Crippen MR) is 99.0 cm³/mol. The van der Waals surface area contributed by atoms with Crippen molar-refractivity contribution < 1.29 is 4.79 Å². The maximum Gasteiger partial charge on any atom is 0.236 e. The molecule has 1 aliphatic heterocycles. The average molecular weight is 343 g/mol. The molecule has 2 aromatic rings. The molecule has 0 N–H and O–H groups in total. The molecule has 0 bridgehead atoms. The summed E-state index contributed by atoms with van der Waals surface area (Å²) in [6, 6.07) is 14.7. The smallest absolute Gasteiger partial charge is 0.236 e. The van der Waals surface area contributed by atoms with Crippen molar-refractivity contribution in [2.75, 3.05) is 39.8 Å². The number of carbonyl (C=O) groups is 1. The predicted octanol–water partition coefficient (Wildman–Crippen LogP) is 2.52. The summed E-state index contributed by atoms with van der Waals surface area (Å²) in [5, 5.41) is 2.06. The van der Waals surface area contributed by atoms with Crippen LogP contribution >= 0.6 is 11.3 Å². The zero-order valence-electron chi connectivity index (χ0n) is 14.2. The van der Waals surface area contributed by atoms with E-state index in [1.165, 1.54) is 10.4 Å². The molecule has 0 spiro atoms. The molecule has 2 heterocycles. The monoisotopic (exact) mass is 343 g/mol. The van der Waals surface area contributed by atoms with Crippen LogP contribution in [0, 0.1) is 0 Å². The Morgan fingerprint density at radius 2 is 1.75 bits per heavy atom. The second-order valence-electron chi connectivity index (χ2n) is 6.37. The number of nitrogens with zero attached hydrogens (tertiary/aromatic N) is 3. The summed E-state index contributed by atoms with van der Waals surface area (Å²) in [4.78, 5) is 20.2. The van der Waals surface area contributed by atoms with E-state index in [2.05, 4.69) is 51.6 Å². The highest BCUT2D eigenvalue weighted by molar-refractivity contribution is 7.09. The van der Waals surface area contributed by atoms with Crippen LogP contribution in [0.25, 0.3) is 0 Å². The van der Waals surface area contributed by atoms with Gasteiger partial charge in [0.15, 0.2) is 0 Å². The molecular weight excluding hydrogens is 318 g/mol. The van der Waals surface area contributed by atoms with E-state index < -0.39 is 0 Å². The van der Waals surface area contributed by atoms with Gasteiger partial charge in [0.05, 0.1) is 13.1 Å². The molecule has 0 atom stereocenters. The molecule has 0 aliphatic carbocycles. The van der Waals surface area contributed by atoms with Crippen LogP contribution in [0.4, 0.5) is 0 Å². The third-order valence-electron chi connectivity index (χ3n) is 4.47. The minimum Gasteiger partial charge on any atom is -0.340 e. The van der Waals surface area contributed by atoms with Crippen LogP contribution in [-0.4, -0.2) is 60.4 Å². The van der Waals surface area contributed by atoms with Crippen molar-refractivity contribution in [3.8, 4) is 0 Å². The third kappa shape index (κ3) is 4.90. The molecule has 0 saturated carbocycles. The molecule has 0 unspecified atom stereocenters. The number of carbonyl (C=O) groups excluding carboxylic acids is 1. The minimum atomic E-state index is 0.208. The fourth-order valence-electron chi connectivity index (χ4n) is 2.98. The molecule has 4 nitrogen and oxygen atoms in total. The van der Waals surface area contributed by atoms with Crippen LogP contribution in [0.5, 0.6) is 0 Å². The van der Waals surface area contributed by atoms with Crippen LogP contribution in [0.3, 0.4) is 0 Å². The summed E-state index contributed by atoms with van der Waals surface area (Å²) >= 11 is 1.70. The van der Waals surface area contributed by atoms with Crippen LogP contribution in [0.2, 0.25) is 0 Å². The number of hydrogen-bond donors (Lipinski definition) is 0. The van der Waals surface area contributed by atoms with E-state index >= 15 is 0 Å². The number of hydrogen-bond acceptors (Lipinski definition) is 4. The maximum absolute atomic E-state index is 12.4. The summed E-state index contributed by atoms with van der Waals surface area (Å²) in [6.45, 7) is 6.22. The maximum atomic E-state index is 12.4. The lowest BCUT2D eigenvalue weighted by Crippen LogP contribution is -2.49. The van der Waals surface area contributed by atoms with Crippen molar-refractivity contribution in [2.24, 2.45) is 0 Å². The Morgan fingerprint density at radius 3 is 2.42 bits per heavy atom. The second-order valence-corrected chi connectivity index (χ2v) is 7.40. The molecule has 0 radical (unpaired) electrons.